The fraction of sp³-hybridized carbons (Fsp3) is 0.625. The number of hydrogen-bond acceptors (Lipinski definition) is 3. The van der Waals surface area contributed by atoms with Crippen LogP contribution in [0, 0.1) is 13.8 Å². The Labute approximate surface area is 129 Å². The van der Waals surface area contributed by atoms with Gasteiger partial charge in [-0.2, -0.15) is 0 Å². The average molecular weight is 312 g/mol. The molecule has 0 amide bonds. The third kappa shape index (κ3) is 4.71. The molecule has 4 nitrogen and oxygen atoms in total. The van der Waals surface area contributed by atoms with Crippen molar-refractivity contribution in [3.63, 3.8) is 0 Å². The maximum absolute atomic E-state index is 12.7. The number of nitrogens with two attached hydrogens (primary N) is 1. The first-order valence-corrected chi connectivity index (χ1v) is 9.19. The van der Waals surface area contributed by atoms with Gasteiger partial charge >= 0.3 is 0 Å². The lowest BCUT2D eigenvalue weighted by atomic mass is 10.1. The Kier molecular flexibility index (Phi) is 6.68. The highest BCUT2D eigenvalue weighted by Crippen LogP contribution is 2.26. The molecule has 1 aromatic carbocycles. The third-order valence-electron chi connectivity index (χ3n) is 3.74. The monoisotopic (exact) mass is 312 g/mol. The van der Waals surface area contributed by atoms with Crippen LogP contribution in [0.2, 0.25) is 0 Å². The number of nitrogens with one attached hydrogen (secondary N) is 1. The zero-order valence-electron chi connectivity index (χ0n) is 13.6. The topological polar surface area (TPSA) is 72.2 Å². The Morgan fingerprint density at radius 1 is 1.10 bits per heavy atom. The fourth-order valence-corrected chi connectivity index (χ4v) is 4.24. The van der Waals surface area contributed by atoms with Crippen LogP contribution in [0.3, 0.4) is 0 Å². The van der Waals surface area contributed by atoms with Gasteiger partial charge in [0.2, 0.25) is 10.0 Å². The SMILES string of the molecule is CCCCC(CCC)NS(=O)(=O)c1c(C)ccc(C)c1N. The predicted octanol–water partition coefficient (Wildman–Crippen LogP) is 3.52. The molecule has 0 fully saturated rings. The minimum absolute atomic E-state index is 0.0146. The third-order valence-corrected chi connectivity index (χ3v) is 5.47. The highest BCUT2D eigenvalue weighted by atomic mass is 32.2. The summed E-state index contributed by atoms with van der Waals surface area (Å²) in [5.41, 5.74) is 7.84. The summed E-state index contributed by atoms with van der Waals surface area (Å²) >= 11 is 0. The largest absolute Gasteiger partial charge is 0.397 e. The second-order valence-corrected chi connectivity index (χ2v) is 7.34. The van der Waals surface area contributed by atoms with Gasteiger partial charge in [-0.05, 0) is 37.8 Å². The Hall–Kier alpha value is -1.07. The molecule has 5 heteroatoms. The summed E-state index contributed by atoms with van der Waals surface area (Å²) in [6, 6.07) is 3.64. The highest BCUT2D eigenvalue weighted by molar-refractivity contribution is 7.89. The summed E-state index contributed by atoms with van der Waals surface area (Å²) in [7, 11) is -3.57. The minimum atomic E-state index is -3.57. The van der Waals surface area contributed by atoms with Gasteiger partial charge in [-0.15, -0.1) is 0 Å². The van der Waals surface area contributed by atoms with E-state index in [2.05, 4.69) is 18.6 Å². The average Bonchev–Trinajstić information content (AvgIpc) is 2.40. The molecule has 1 atom stereocenters. The number of benzene rings is 1. The molecule has 1 unspecified atom stereocenters. The van der Waals surface area contributed by atoms with E-state index in [9.17, 15) is 8.42 Å². The van der Waals surface area contributed by atoms with E-state index in [0.29, 0.717) is 11.3 Å². The molecule has 120 valence electrons. The second-order valence-electron chi connectivity index (χ2n) is 5.69. The van der Waals surface area contributed by atoms with Crippen LogP contribution >= 0.6 is 0 Å². The maximum atomic E-state index is 12.7. The van der Waals surface area contributed by atoms with Crippen molar-refractivity contribution in [2.24, 2.45) is 0 Å². The van der Waals surface area contributed by atoms with Gasteiger partial charge in [0.25, 0.3) is 0 Å². The summed E-state index contributed by atoms with van der Waals surface area (Å²) in [5.74, 6) is 0. The van der Waals surface area contributed by atoms with Crippen molar-refractivity contribution >= 4 is 15.7 Å². The van der Waals surface area contributed by atoms with Crippen LogP contribution in [-0.2, 0) is 10.0 Å². The van der Waals surface area contributed by atoms with Crippen LogP contribution in [0.1, 0.15) is 57.1 Å². The van der Waals surface area contributed by atoms with Crippen molar-refractivity contribution in [3.05, 3.63) is 23.3 Å². The van der Waals surface area contributed by atoms with E-state index in [4.69, 9.17) is 5.73 Å². The van der Waals surface area contributed by atoms with E-state index in [-0.39, 0.29) is 10.9 Å². The van der Waals surface area contributed by atoms with Crippen LogP contribution in [0.15, 0.2) is 17.0 Å². The Balaban J connectivity index is 3.07. The summed E-state index contributed by atoms with van der Waals surface area (Å²) in [6.45, 7) is 7.79. The van der Waals surface area contributed by atoms with Crippen LogP contribution in [0.25, 0.3) is 0 Å². The van der Waals surface area contributed by atoms with Crippen molar-refractivity contribution in [1.82, 2.24) is 4.72 Å². The number of unbranched alkanes of at least 4 members (excludes halogenated alkanes) is 1. The molecule has 1 rings (SSSR count). The van der Waals surface area contributed by atoms with Crippen molar-refractivity contribution < 1.29 is 8.42 Å². The van der Waals surface area contributed by atoms with Gasteiger partial charge in [-0.1, -0.05) is 45.2 Å². The van der Waals surface area contributed by atoms with E-state index in [1.807, 2.05) is 13.0 Å². The molecule has 0 spiro atoms. The van der Waals surface area contributed by atoms with Crippen LogP contribution in [0.5, 0.6) is 0 Å². The number of anilines is 1. The predicted molar refractivity (Wildman–Crippen MR) is 88.9 cm³/mol. The summed E-state index contributed by atoms with van der Waals surface area (Å²) < 4.78 is 28.2. The van der Waals surface area contributed by atoms with Crippen molar-refractivity contribution in [2.75, 3.05) is 5.73 Å². The summed E-state index contributed by atoms with van der Waals surface area (Å²) in [4.78, 5) is 0.236. The molecule has 0 saturated carbocycles. The number of hydrogen-bond donors (Lipinski definition) is 2. The van der Waals surface area contributed by atoms with Crippen molar-refractivity contribution in [1.29, 1.82) is 0 Å². The van der Waals surface area contributed by atoms with Crippen LogP contribution < -0.4 is 10.5 Å². The normalized spacial score (nSPS) is 13.3. The number of nitrogen functional groups attached to an aromatic ring is 1. The number of aryl methyl sites for hydroxylation is 2. The standard InChI is InChI=1S/C16H28N2O2S/c1-5-7-9-14(8-6-2)18-21(19,20)16-13(4)11-10-12(3)15(16)17/h10-11,14,18H,5-9,17H2,1-4H3. The molecule has 0 aliphatic carbocycles. The minimum Gasteiger partial charge on any atom is -0.397 e. The van der Waals surface area contributed by atoms with Gasteiger partial charge in [0.05, 0.1) is 5.69 Å². The molecule has 0 bridgehead atoms. The first-order valence-electron chi connectivity index (χ1n) is 7.71. The van der Waals surface area contributed by atoms with E-state index < -0.39 is 10.0 Å². The van der Waals surface area contributed by atoms with E-state index >= 15 is 0 Å². The van der Waals surface area contributed by atoms with Gasteiger partial charge < -0.3 is 5.73 Å². The van der Waals surface area contributed by atoms with Crippen molar-refractivity contribution in [2.45, 2.75) is 70.7 Å². The second kappa shape index (κ2) is 7.80. The Bertz CT molecular complexity index is 568. The number of sulfonamides is 1. The lowest BCUT2D eigenvalue weighted by Gasteiger charge is -2.20. The molecule has 0 radical (unpaired) electrons. The molecule has 21 heavy (non-hydrogen) atoms. The zero-order valence-corrected chi connectivity index (χ0v) is 14.4. The Morgan fingerprint density at radius 2 is 1.71 bits per heavy atom. The van der Waals surface area contributed by atoms with Gasteiger partial charge in [0, 0.05) is 6.04 Å². The lowest BCUT2D eigenvalue weighted by Crippen LogP contribution is -2.35. The van der Waals surface area contributed by atoms with E-state index in [1.54, 1.807) is 13.0 Å². The van der Waals surface area contributed by atoms with Crippen LogP contribution in [-0.4, -0.2) is 14.5 Å². The summed E-state index contributed by atoms with van der Waals surface area (Å²) in [5, 5.41) is 0. The van der Waals surface area contributed by atoms with E-state index in [1.165, 1.54) is 0 Å². The molecule has 1 aromatic rings. The number of rotatable bonds is 8. The molecule has 0 aromatic heterocycles. The van der Waals surface area contributed by atoms with Crippen LogP contribution in [0.4, 0.5) is 5.69 Å². The van der Waals surface area contributed by atoms with E-state index in [0.717, 1.165) is 37.7 Å². The Morgan fingerprint density at radius 3 is 2.29 bits per heavy atom. The molecular weight excluding hydrogens is 284 g/mol. The zero-order chi connectivity index (χ0) is 16.0. The summed E-state index contributed by atoms with van der Waals surface area (Å²) in [6.07, 6.45) is 4.76. The first kappa shape index (κ1) is 18.0. The van der Waals surface area contributed by atoms with Gasteiger partial charge in [0.15, 0.2) is 0 Å². The first-order chi connectivity index (χ1) is 9.83. The van der Waals surface area contributed by atoms with Gasteiger partial charge in [-0.25, -0.2) is 13.1 Å². The quantitative estimate of drug-likeness (QED) is 0.721. The molecular formula is C16H28N2O2S. The van der Waals surface area contributed by atoms with Gasteiger partial charge in [0.1, 0.15) is 4.90 Å². The molecule has 0 aliphatic heterocycles. The smallest absolute Gasteiger partial charge is 0.243 e. The van der Waals surface area contributed by atoms with Crippen molar-refractivity contribution in [3.8, 4) is 0 Å². The lowest BCUT2D eigenvalue weighted by molar-refractivity contribution is 0.483. The molecule has 0 aliphatic rings. The fourth-order valence-electron chi connectivity index (χ4n) is 2.50. The van der Waals surface area contributed by atoms with Gasteiger partial charge in [-0.3, -0.25) is 0 Å². The molecule has 0 saturated heterocycles. The highest BCUT2D eigenvalue weighted by Gasteiger charge is 2.24. The molecule has 3 N–H and O–H groups in total. The molecule has 0 heterocycles. The maximum Gasteiger partial charge on any atom is 0.243 e.